The summed E-state index contributed by atoms with van der Waals surface area (Å²) in [7, 11) is 0. The van der Waals surface area contributed by atoms with Gasteiger partial charge in [-0.1, -0.05) is 6.07 Å². The number of hydrogen-bond acceptors (Lipinski definition) is 3. The van der Waals surface area contributed by atoms with Gasteiger partial charge in [0.25, 0.3) is 0 Å². The lowest BCUT2D eigenvalue weighted by molar-refractivity contribution is -0.275. The molecule has 0 radical (unpaired) electrons. The van der Waals surface area contributed by atoms with E-state index in [0.717, 1.165) is 12.1 Å². The van der Waals surface area contributed by atoms with E-state index in [-0.39, 0.29) is 36.8 Å². The van der Waals surface area contributed by atoms with Crippen molar-refractivity contribution in [2.24, 2.45) is 0 Å². The van der Waals surface area contributed by atoms with Gasteiger partial charge in [0.15, 0.2) is 11.6 Å². The average Bonchev–Trinajstić information content (AvgIpc) is 2.49. The summed E-state index contributed by atoms with van der Waals surface area (Å²) in [6.07, 6.45) is -10.8. The molecule has 1 saturated heterocycles. The number of alkyl halides is 6. The first-order valence-electron chi connectivity index (χ1n) is 7.62. The Balaban J connectivity index is 0.00000338. The van der Waals surface area contributed by atoms with E-state index in [9.17, 15) is 30.7 Å². The van der Waals surface area contributed by atoms with Gasteiger partial charge in [-0.15, -0.1) is 38.0 Å². The zero-order chi connectivity index (χ0) is 18.7. The van der Waals surface area contributed by atoms with Gasteiger partial charge < -0.3 is 10.1 Å². The Kier molecular flexibility index (Phi) is 10.2. The Morgan fingerprint density at radius 3 is 2.11 bits per heavy atom. The van der Waals surface area contributed by atoms with Crippen LogP contribution in [0.25, 0.3) is 0 Å². The molecule has 0 spiro atoms. The molecule has 1 aromatic carbocycles. The molecule has 1 aliphatic heterocycles. The predicted molar refractivity (Wildman–Crippen MR) is 90.1 cm³/mol. The molecule has 2 rings (SSSR count). The zero-order valence-corrected chi connectivity index (χ0v) is 15.5. The predicted octanol–water partition coefficient (Wildman–Crippen LogP) is 4.86. The Hall–Kier alpha value is -0.970. The average molecular weight is 447 g/mol. The van der Waals surface area contributed by atoms with Crippen LogP contribution in [-0.2, 0) is 0 Å². The van der Waals surface area contributed by atoms with Gasteiger partial charge in [0.05, 0.1) is 0 Å². The number of hydrogen-bond donors (Lipinski definition) is 1. The van der Waals surface area contributed by atoms with Crippen LogP contribution in [0.2, 0.25) is 0 Å². The molecule has 12 heteroatoms. The summed E-state index contributed by atoms with van der Waals surface area (Å²) in [5, 5.41) is 3.06. The second-order valence-electron chi connectivity index (χ2n) is 5.69. The molecule has 0 unspecified atom stereocenters. The fourth-order valence-corrected chi connectivity index (χ4v) is 2.79. The molecule has 0 saturated carbocycles. The molecule has 1 fully saturated rings. The minimum absolute atomic E-state index is 0. The van der Waals surface area contributed by atoms with E-state index in [1.165, 1.54) is 6.07 Å². The van der Waals surface area contributed by atoms with Crippen molar-refractivity contribution in [3.63, 3.8) is 0 Å². The molecule has 0 aliphatic carbocycles. The molecule has 27 heavy (non-hydrogen) atoms. The van der Waals surface area contributed by atoms with Gasteiger partial charge in [-0.05, 0) is 24.1 Å². The maximum absolute atomic E-state index is 13.9. The third kappa shape index (κ3) is 8.71. The second-order valence-corrected chi connectivity index (χ2v) is 5.69. The fourth-order valence-electron chi connectivity index (χ4n) is 2.79. The monoisotopic (exact) mass is 446 g/mol. The van der Waals surface area contributed by atoms with Crippen molar-refractivity contribution in [3.8, 4) is 5.75 Å². The third-order valence-corrected chi connectivity index (χ3v) is 3.86. The number of benzene rings is 1. The normalized spacial score (nSPS) is 16.9. The minimum Gasteiger partial charge on any atom is -0.403 e. The second kappa shape index (κ2) is 10.5. The zero-order valence-electron chi connectivity index (χ0n) is 13.9. The van der Waals surface area contributed by atoms with Crippen molar-refractivity contribution in [2.75, 3.05) is 26.2 Å². The van der Waals surface area contributed by atoms with E-state index < -0.39 is 36.6 Å². The molecule has 158 valence electrons. The summed E-state index contributed by atoms with van der Waals surface area (Å²) in [5.41, 5.74) is 0.193. The Bertz CT molecular complexity index is 578. The molecule has 1 N–H and O–H groups in total. The molecule has 0 bridgehead atoms. The summed E-state index contributed by atoms with van der Waals surface area (Å²) in [4.78, 5) is 1.77. The van der Waals surface area contributed by atoms with Crippen LogP contribution in [0.3, 0.4) is 0 Å². The Morgan fingerprint density at radius 1 is 1.04 bits per heavy atom. The largest absolute Gasteiger partial charge is 0.573 e. The molecule has 0 amide bonds. The lowest BCUT2D eigenvalue weighted by atomic mass is 9.99. The van der Waals surface area contributed by atoms with Crippen molar-refractivity contribution in [2.45, 2.75) is 31.4 Å². The van der Waals surface area contributed by atoms with Gasteiger partial charge in [-0.3, -0.25) is 4.90 Å². The van der Waals surface area contributed by atoms with Crippen molar-refractivity contribution < 1.29 is 35.5 Å². The SMILES string of the molecule is Cl.Cl.Fc1cc([C@H](CCC(F)(F)F)N2CCNCC2)ccc1OC(F)(F)F. The smallest absolute Gasteiger partial charge is 0.403 e. The third-order valence-electron chi connectivity index (χ3n) is 3.86. The van der Waals surface area contributed by atoms with Crippen molar-refractivity contribution in [1.29, 1.82) is 0 Å². The van der Waals surface area contributed by atoms with Gasteiger partial charge >= 0.3 is 12.5 Å². The molecule has 1 aromatic rings. The highest BCUT2D eigenvalue weighted by molar-refractivity contribution is 5.85. The summed E-state index contributed by atoms with van der Waals surface area (Å²) in [6, 6.07) is 2.04. The molecule has 3 nitrogen and oxygen atoms in total. The quantitative estimate of drug-likeness (QED) is 0.653. The van der Waals surface area contributed by atoms with Gasteiger partial charge in [0.1, 0.15) is 0 Å². The van der Waals surface area contributed by atoms with E-state index in [1.807, 2.05) is 0 Å². The maximum Gasteiger partial charge on any atom is 0.573 e. The van der Waals surface area contributed by atoms with E-state index >= 15 is 0 Å². The maximum atomic E-state index is 13.9. The van der Waals surface area contributed by atoms with Crippen molar-refractivity contribution >= 4 is 24.8 Å². The number of nitrogens with zero attached hydrogens (tertiary/aromatic N) is 1. The van der Waals surface area contributed by atoms with Crippen LogP contribution < -0.4 is 10.1 Å². The van der Waals surface area contributed by atoms with Crippen LogP contribution in [-0.4, -0.2) is 43.6 Å². The first-order chi connectivity index (χ1) is 11.6. The van der Waals surface area contributed by atoms with Gasteiger partial charge in [0.2, 0.25) is 0 Å². The fraction of sp³-hybridized carbons (Fsp3) is 0.600. The number of ether oxygens (including phenoxy) is 1. The lowest BCUT2D eigenvalue weighted by Gasteiger charge is -2.35. The summed E-state index contributed by atoms with van der Waals surface area (Å²) in [6.45, 7) is 2.07. The van der Waals surface area contributed by atoms with Gasteiger partial charge in [0, 0.05) is 38.6 Å². The molecule has 1 heterocycles. The summed E-state index contributed by atoms with van der Waals surface area (Å²) < 4.78 is 91.8. The van der Waals surface area contributed by atoms with E-state index in [4.69, 9.17) is 0 Å². The molecular weight excluding hydrogens is 428 g/mol. The highest BCUT2D eigenvalue weighted by Gasteiger charge is 2.34. The van der Waals surface area contributed by atoms with E-state index in [1.54, 1.807) is 4.90 Å². The number of rotatable bonds is 5. The molecule has 0 aromatic heterocycles. The standard InChI is InChI=1S/C15H17F7N2O.2ClH/c16-11-9-10(1-2-13(11)25-15(20,21)22)12(3-4-14(17,18)19)24-7-5-23-6-8-24;;/h1-2,9,12,23H,3-8H2;2*1H/t12-;;/m0../s1. The first kappa shape index (κ1) is 26.0. The van der Waals surface area contributed by atoms with Crippen molar-refractivity contribution in [1.82, 2.24) is 10.2 Å². The minimum atomic E-state index is -5.05. The van der Waals surface area contributed by atoms with Crippen LogP contribution >= 0.6 is 24.8 Å². The molecular formula is C15H19Cl2F7N2O. The highest BCUT2D eigenvalue weighted by atomic mass is 35.5. The highest BCUT2D eigenvalue weighted by Crippen LogP contribution is 2.34. The topological polar surface area (TPSA) is 24.5 Å². The van der Waals surface area contributed by atoms with Gasteiger partial charge in [-0.25, -0.2) is 4.39 Å². The van der Waals surface area contributed by atoms with Crippen LogP contribution in [0.4, 0.5) is 30.7 Å². The van der Waals surface area contributed by atoms with Crippen LogP contribution in [0.15, 0.2) is 18.2 Å². The van der Waals surface area contributed by atoms with Crippen molar-refractivity contribution in [3.05, 3.63) is 29.6 Å². The lowest BCUT2D eigenvalue weighted by Crippen LogP contribution is -2.45. The number of nitrogens with one attached hydrogen (secondary N) is 1. The van der Waals surface area contributed by atoms with Crippen LogP contribution in [0.5, 0.6) is 5.75 Å². The number of piperazine rings is 1. The van der Waals surface area contributed by atoms with Crippen LogP contribution in [0.1, 0.15) is 24.4 Å². The van der Waals surface area contributed by atoms with E-state index in [2.05, 4.69) is 10.1 Å². The van der Waals surface area contributed by atoms with Gasteiger partial charge in [-0.2, -0.15) is 13.2 Å². The summed E-state index contributed by atoms with van der Waals surface area (Å²) in [5.74, 6) is -2.27. The summed E-state index contributed by atoms with van der Waals surface area (Å²) >= 11 is 0. The molecule has 1 atom stereocenters. The van der Waals surface area contributed by atoms with Crippen LogP contribution in [0, 0.1) is 5.82 Å². The molecule has 1 aliphatic rings. The Labute approximate surface area is 164 Å². The number of halogens is 9. The first-order valence-corrected chi connectivity index (χ1v) is 7.62. The Morgan fingerprint density at radius 2 is 1.63 bits per heavy atom. The van der Waals surface area contributed by atoms with E-state index in [0.29, 0.717) is 26.2 Å².